The summed E-state index contributed by atoms with van der Waals surface area (Å²) in [7, 11) is 2.24. The molecule has 1 saturated heterocycles. The summed E-state index contributed by atoms with van der Waals surface area (Å²) in [5.74, 6) is 3.39. The molecule has 14 heavy (non-hydrogen) atoms. The molecule has 1 N–H and O–H groups in total. The largest absolute Gasteiger partial charge is 0.311 e. The molecule has 0 bridgehead atoms. The summed E-state index contributed by atoms with van der Waals surface area (Å²) in [6.07, 6.45) is 1.32. The van der Waals surface area contributed by atoms with Crippen LogP contribution in [0.25, 0.3) is 0 Å². The van der Waals surface area contributed by atoms with E-state index in [0.29, 0.717) is 6.04 Å². The Kier molecular flexibility index (Phi) is 5.90. The summed E-state index contributed by atoms with van der Waals surface area (Å²) in [5, 5.41) is 3.58. The number of hydrogen-bond donors (Lipinski definition) is 1. The third-order valence-corrected chi connectivity index (χ3v) is 3.75. The van der Waals surface area contributed by atoms with E-state index in [1.54, 1.807) is 0 Å². The zero-order chi connectivity index (χ0) is 10.4. The number of thioether (sulfide) groups is 1. The Morgan fingerprint density at radius 1 is 1.50 bits per heavy atom. The molecule has 0 aromatic heterocycles. The normalized spacial score (nSPS) is 23.4. The predicted octanol–water partition coefficient (Wildman–Crippen LogP) is 1.67. The van der Waals surface area contributed by atoms with Crippen molar-refractivity contribution in [1.29, 1.82) is 0 Å². The lowest BCUT2D eigenvalue weighted by atomic mass is 10.1. The summed E-state index contributed by atoms with van der Waals surface area (Å²) in [5.41, 5.74) is 0. The van der Waals surface area contributed by atoms with Gasteiger partial charge in [-0.15, -0.1) is 0 Å². The summed E-state index contributed by atoms with van der Waals surface area (Å²) >= 11 is 2.08. The lowest BCUT2D eigenvalue weighted by molar-refractivity contribution is 0.282. The van der Waals surface area contributed by atoms with Gasteiger partial charge in [-0.05, 0) is 25.9 Å². The van der Waals surface area contributed by atoms with Crippen molar-refractivity contribution in [2.45, 2.75) is 26.3 Å². The molecule has 1 rings (SSSR count). The minimum Gasteiger partial charge on any atom is -0.311 e. The molecule has 0 amide bonds. The second-order valence-corrected chi connectivity index (χ2v) is 5.82. The van der Waals surface area contributed by atoms with Crippen molar-refractivity contribution in [2.75, 3.05) is 38.2 Å². The number of nitrogens with one attached hydrogen (secondary N) is 1. The SMILES string of the molecule is CC(C)CCN(C)CC1CSCCN1. The van der Waals surface area contributed by atoms with Crippen LogP contribution in [0.15, 0.2) is 0 Å². The first-order valence-electron chi connectivity index (χ1n) is 5.68. The van der Waals surface area contributed by atoms with Gasteiger partial charge in [-0.25, -0.2) is 0 Å². The molecule has 1 unspecified atom stereocenters. The first-order valence-corrected chi connectivity index (χ1v) is 6.83. The van der Waals surface area contributed by atoms with Gasteiger partial charge in [-0.3, -0.25) is 0 Å². The standard InChI is InChI=1S/C11H24N2S/c1-10(2)4-6-13(3)8-11-9-14-7-5-12-11/h10-12H,4-9H2,1-3H3. The van der Waals surface area contributed by atoms with Crippen LogP contribution < -0.4 is 5.32 Å². The highest BCUT2D eigenvalue weighted by molar-refractivity contribution is 7.99. The molecule has 0 aliphatic carbocycles. The smallest absolute Gasteiger partial charge is 0.0285 e. The van der Waals surface area contributed by atoms with Crippen molar-refractivity contribution in [1.82, 2.24) is 10.2 Å². The van der Waals surface area contributed by atoms with Crippen LogP contribution in [0.2, 0.25) is 0 Å². The van der Waals surface area contributed by atoms with E-state index in [9.17, 15) is 0 Å². The second kappa shape index (κ2) is 6.70. The Morgan fingerprint density at radius 2 is 2.29 bits per heavy atom. The third-order valence-electron chi connectivity index (χ3n) is 2.62. The topological polar surface area (TPSA) is 15.3 Å². The maximum atomic E-state index is 3.58. The fourth-order valence-corrected chi connectivity index (χ4v) is 2.62. The Morgan fingerprint density at radius 3 is 2.86 bits per heavy atom. The third kappa shape index (κ3) is 5.23. The van der Waals surface area contributed by atoms with Gasteiger partial charge in [-0.1, -0.05) is 13.8 Å². The van der Waals surface area contributed by atoms with Crippen molar-refractivity contribution in [3.05, 3.63) is 0 Å². The molecule has 1 aliphatic heterocycles. The van der Waals surface area contributed by atoms with Gasteiger partial charge < -0.3 is 10.2 Å². The van der Waals surface area contributed by atoms with Gasteiger partial charge in [-0.2, -0.15) is 11.8 Å². The van der Waals surface area contributed by atoms with E-state index in [4.69, 9.17) is 0 Å². The monoisotopic (exact) mass is 216 g/mol. The van der Waals surface area contributed by atoms with Crippen LogP contribution in [0, 0.1) is 5.92 Å². The van der Waals surface area contributed by atoms with Gasteiger partial charge >= 0.3 is 0 Å². The van der Waals surface area contributed by atoms with Gasteiger partial charge in [0, 0.05) is 30.6 Å². The molecule has 84 valence electrons. The van der Waals surface area contributed by atoms with Crippen molar-refractivity contribution < 1.29 is 0 Å². The van der Waals surface area contributed by atoms with E-state index < -0.39 is 0 Å². The molecule has 0 saturated carbocycles. The average molecular weight is 216 g/mol. The Labute approximate surface area is 92.8 Å². The maximum absolute atomic E-state index is 3.58. The van der Waals surface area contributed by atoms with Crippen molar-refractivity contribution >= 4 is 11.8 Å². The first-order chi connectivity index (χ1) is 6.68. The maximum Gasteiger partial charge on any atom is 0.0285 e. The molecular weight excluding hydrogens is 192 g/mol. The van der Waals surface area contributed by atoms with E-state index in [-0.39, 0.29) is 0 Å². The molecule has 0 aromatic rings. The molecule has 3 heteroatoms. The molecular formula is C11H24N2S. The Balaban J connectivity index is 2.09. The zero-order valence-electron chi connectivity index (χ0n) is 9.75. The summed E-state index contributed by atoms with van der Waals surface area (Å²) in [4.78, 5) is 2.46. The Hall–Kier alpha value is 0.270. The molecule has 1 aliphatic rings. The lowest BCUT2D eigenvalue weighted by Crippen LogP contribution is -2.45. The summed E-state index contributed by atoms with van der Waals surface area (Å²) in [6.45, 7) is 8.22. The second-order valence-electron chi connectivity index (χ2n) is 4.67. The number of nitrogens with zero attached hydrogens (tertiary/aromatic N) is 1. The van der Waals surface area contributed by atoms with Gasteiger partial charge in [0.05, 0.1) is 0 Å². The Bertz CT molecular complexity index is 144. The van der Waals surface area contributed by atoms with Crippen LogP contribution in [-0.4, -0.2) is 49.1 Å². The number of hydrogen-bond acceptors (Lipinski definition) is 3. The molecule has 1 fully saturated rings. The van der Waals surface area contributed by atoms with Crippen LogP contribution in [-0.2, 0) is 0 Å². The zero-order valence-corrected chi connectivity index (χ0v) is 10.6. The first kappa shape index (κ1) is 12.3. The van der Waals surface area contributed by atoms with Crippen LogP contribution >= 0.6 is 11.8 Å². The van der Waals surface area contributed by atoms with Crippen molar-refractivity contribution in [3.8, 4) is 0 Å². The molecule has 0 spiro atoms. The fraction of sp³-hybridized carbons (Fsp3) is 1.00. The van der Waals surface area contributed by atoms with Crippen LogP contribution in [0.1, 0.15) is 20.3 Å². The highest BCUT2D eigenvalue weighted by atomic mass is 32.2. The molecule has 2 nitrogen and oxygen atoms in total. The van der Waals surface area contributed by atoms with Crippen molar-refractivity contribution in [3.63, 3.8) is 0 Å². The number of rotatable bonds is 5. The fourth-order valence-electron chi connectivity index (χ4n) is 1.68. The lowest BCUT2D eigenvalue weighted by Gasteiger charge is -2.28. The minimum atomic E-state index is 0.714. The number of likely N-dealkylation sites (N-methyl/N-ethyl adjacent to an activating group) is 1. The van der Waals surface area contributed by atoms with Gasteiger partial charge in [0.25, 0.3) is 0 Å². The van der Waals surface area contributed by atoms with E-state index in [1.807, 2.05) is 0 Å². The van der Waals surface area contributed by atoms with Gasteiger partial charge in [0.2, 0.25) is 0 Å². The molecule has 0 radical (unpaired) electrons. The molecule has 0 aromatic carbocycles. The van der Waals surface area contributed by atoms with E-state index in [1.165, 1.54) is 37.6 Å². The van der Waals surface area contributed by atoms with Crippen LogP contribution in [0.3, 0.4) is 0 Å². The predicted molar refractivity (Wildman–Crippen MR) is 66.1 cm³/mol. The minimum absolute atomic E-state index is 0.714. The molecule has 1 heterocycles. The van der Waals surface area contributed by atoms with E-state index in [2.05, 4.69) is 42.9 Å². The highest BCUT2D eigenvalue weighted by Gasteiger charge is 2.14. The van der Waals surface area contributed by atoms with E-state index in [0.717, 1.165) is 5.92 Å². The van der Waals surface area contributed by atoms with Crippen LogP contribution in [0.4, 0.5) is 0 Å². The average Bonchev–Trinajstić information content (AvgIpc) is 2.16. The molecule has 1 atom stereocenters. The highest BCUT2D eigenvalue weighted by Crippen LogP contribution is 2.09. The van der Waals surface area contributed by atoms with E-state index >= 15 is 0 Å². The van der Waals surface area contributed by atoms with Gasteiger partial charge in [0.1, 0.15) is 0 Å². The summed E-state index contributed by atoms with van der Waals surface area (Å²) < 4.78 is 0. The van der Waals surface area contributed by atoms with Crippen molar-refractivity contribution in [2.24, 2.45) is 5.92 Å². The van der Waals surface area contributed by atoms with Crippen LogP contribution in [0.5, 0.6) is 0 Å². The summed E-state index contributed by atoms with van der Waals surface area (Å²) in [6, 6.07) is 0.714. The van der Waals surface area contributed by atoms with Gasteiger partial charge in [0.15, 0.2) is 0 Å². The quantitative estimate of drug-likeness (QED) is 0.752.